The fourth-order valence-corrected chi connectivity index (χ4v) is 1.18. The summed E-state index contributed by atoms with van der Waals surface area (Å²) < 4.78 is 13.2. The Kier molecular flexibility index (Phi) is 2.81. The lowest BCUT2D eigenvalue weighted by Gasteiger charge is -2.06. The van der Waals surface area contributed by atoms with Crippen molar-refractivity contribution in [2.75, 3.05) is 0 Å². The van der Waals surface area contributed by atoms with Crippen LogP contribution in [-0.2, 0) is 0 Å². The minimum atomic E-state index is -0.418. The van der Waals surface area contributed by atoms with Gasteiger partial charge in [-0.1, -0.05) is 19.9 Å². The van der Waals surface area contributed by atoms with E-state index in [1.54, 1.807) is 12.1 Å². The number of ketones is 1. The normalized spacial score (nSPS) is 10.5. The van der Waals surface area contributed by atoms with Gasteiger partial charge in [0, 0.05) is 0 Å². The number of carbonyl (C=O) groups excluding carboxylic acids is 1. The van der Waals surface area contributed by atoms with Crippen LogP contribution in [0.3, 0.4) is 0 Å². The Morgan fingerprint density at radius 2 is 2.00 bits per heavy atom. The standard InChI is InChI=1S/C11H13FO/c1-7(2)9-4-5-10(8(3)13)11(12)6-9/h4-7H,1-3H3. The molecule has 0 radical (unpaired) electrons. The van der Waals surface area contributed by atoms with Gasteiger partial charge in [0.2, 0.25) is 0 Å². The van der Waals surface area contributed by atoms with Gasteiger partial charge >= 0.3 is 0 Å². The zero-order valence-electron chi connectivity index (χ0n) is 8.10. The van der Waals surface area contributed by atoms with Crippen LogP contribution in [0.2, 0.25) is 0 Å². The number of hydrogen-bond donors (Lipinski definition) is 0. The summed E-state index contributed by atoms with van der Waals surface area (Å²) in [4.78, 5) is 10.9. The highest BCUT2D eigenvalue weighted by molar-refractivity contribution is 5.94. The fourth-order valence-electron chi connectivity index (χ4n) is 1.18. The molecule has 0 bridgehead atoms. The molecule has 0 amide bonds. The van der Waals surface area contributed by atoms with E-state index in [-0.39, 0.29) is 17.3 Å². The molecule has 0 fully saturated rings. The Labute approximate surface area is 77.6 Å². The Hall–Kier alpha value is -1.18. The van der Waals surface area contributed by atoms with Gasteiger partial charge < -0.3 is 0 Å². The number of halogens is 1. The summed E-state index contributed by atoms with van der Waals surface area (Å²) in [6, 6.07) is 4.78. The molecule has 0 saturated heterocycles. The third-order valence-corrected chi connectivity index (χ3v) is 2.04. The minimum absolute atomic E-state index is 0.171. The van der Waals surface area contributed by atoms with Crippen LogP contribution < -0.4 is 0 Å². The maximum absolute atomic E-state index is 13.2. The molecule has 13 heavy (non-hydrogen) atoms. The predicted octanol–water partition coefficient (Wildman–Crippen LogP) is 3.15. The van der Waals surface area contributed by atoms with Gasteiger partial charge in [-0.2, -0.15) is 0 Å². The van der Waals surface area contributed by atoms with Gasteiger partial charge in [-0.05, 0) is 30.5 Å². The van der Waals surface area contributed by atoms with Gasteiger partial charge in [0.15, 0.2) is 5.78 Å². The van der Waals surface area contributed by atoms with Crippen molar-refractivity contribution in [1.29, 1.82) is 0 Å². The lowest BCUT2D eigenvalue weighted by molar-refractivity contribution is 0.101. The largest absolute Gasteiger partial charge is 0.294 e. The molecule has 0 aliphatic rings. The molecule has 70 valence electrons. The maximum atomic E-state index is 13.2. The van der Waals surface area contributed by atoms with Crippen molar-refractivity contribution < 1.29 is 9.18 Å². The Balaban J connectivity index is 3.13. The summed E-state index contributed by atoms with van der Waals surface area (Å²) in [6.07, 6.45) is 0. The molecule has 0 saturated carbocycles. The number of benzene rings is 1. The minimum Gasteiger partial charge on any atom is -0.294 e. The third kappa shape index (κ3) is 2.14. The van der Waals surface area contributed by atoms with Gasteiger partial charge in [-0.15, -0.1) is 0 Å². The van der Waals surface area contributed by atoms with Crippen LogP contribution in [0.4, 0.5) is 4.39 Å². The van der Waals surface area contributed by atoms with E-state index in [0.29, 0.717) is 0 Å². The first-order valence-corrected chi connectivity index (χ1v) is 4.32. The van der Waals surface area contributed by atoms with Crippen LogP contribution in [-0.4, -0.2) is 5.78 Å². The SMILES string of the molecule is CC(=O)c1ccc(C(C)C)cc1F. The zero-order valence-corrected chi connectivity index (χ0v) is 8.10. The van der Waals surface area contributed by atoms with Crippen LogP contribution in [0.15, 0.2) is 18.2 Å². The van der Waals surface area contributed by atoms with E-state index in [0.717, 1.165) is 5.56 Å². The van der Waals surface area contributed by atoms with E-state index in [1.165, 1.54) is 13.0 Å². The third-order valence-electron chi connectivity index (χ3n) is 2.04. The predicted molar refractivity (Wildman–Crippen MR) is 50.5 cm³/mol. The van der Waals surface area contributed by atoms with Gasteiger partial charge in [-0.25, -0.2) is 4.39 Å². The summed E-state index contributed by atoms with van der Waals surface area (Å²) in [5, 5.41) is 0. The number of rotatable bonds is 2. The number of Topliss-reactive ketones (excluding diaryl/α,β-unsaturated/α-hetero) is 1. The van der Waals surface area contributed by atoms with Crippen molar-refractivity contribution in [1.82, 2.24) is 0 Å². The highest BCUT2D eigenvalue weighted by Crippen LogP contribution is 2.18. The maximum Gasteiger partial charge on any atom is 0.162 e. The van der Waals surface area contributed by atoms with Crippen molar-refractivity contribution in [3.63, 3.8) is 0 Å². The van der Waals surface area contributed by atoms with Crippen LogP contribution in [0.1, 0.15) is 42.6 Å². The van der Waals surface area contributed by atoms with Gasteiger partial charge in [0.05, 0.1) is 5.56 Å². The highest BCUT2D eigenvalue weighted by Gasteiger charge is 2.08. The summed E-state index contributed by atoms with van der Waals surface area (Å²) >= 11 is 0. The topological polar surface area (TPSA) is 17.1 Å². The molecule has 0 heterocycles. The number of carbonyl (C=O) groups is 1. The van der Waals surface area contributed by atoms with Crippen molar-refractivity contribution in [3.05, 3.63) is 35.1 Å². The van der Waals surface area contributed by atoms with Gasteiger partial charge in [-0.3, -0.25) is 4.79 Å². The molecule has 0 unspecified atom stereocenters. The van der Waals surface area contributed by atoms with Crippen molar-refractivity contribution in [2.45, 2.75) is 26.7 Å². The highest BCUT2D eigenvalue weighted by atomic mass is 19.1. The monoisotopic (exact) mass is 180 g/mol. The fraction of sp³-hybridized carbons (Fsp3) is 0.364. The average molecular weight is 180 g/mol. The Morgan fingerprint density at radius 3 is 2.38 bits per heavy atom. The average Bonchev–Trinajstić information content (AvgIpc) is 2.03. The smallest absolute Gasteiger partial charge is 0.162 e. The first kappa shape index (κ1) is 9.90. The van der Waals surface area contributed by atoms with E-state index in [2.05, 4.69) is 0 Å². The summed E-state index contributed by atoms with van der Waals surface area (Å²) in [6.45, 7) is 5.35. The molecule has 0 atom stereocenters. The molecule has 1 aromatic carbocycles. The molecule has 0 N–H and O–H groups in total. The quantitative estimate of drug-likeness (QED) is 0.639. The van der Waals surface area contributed by atoms with Crippen LogP contribution in [0.5, 0.6) is 0 Å². The van der Waals surface area contributed by atoms with E-state index >= 15 is 0 Å². The summed E-state index contributed by atoms with van der Waals surface area (Å²) in [7, 11) is 0. The molecule has 0 spiro atoms. The molecule has 0 aliphatic carbocycles. The van der Waals surface area contributed by atoms with Gasteiger partial charge in [0.25, 0.3) is 0 Å². The molecule has 0 aromatic heterocycles. The Morgan fingerprint density at radius 1 is 1.38 bits per heavy atom. The second kappa shape index (κ2) is 3.69. The van der Waals surface area contributed by atoms with Crippen molar-refractivity contribution >= 4 is 5.78 Å². The molecule has 2 heteroatoms. The molecule has 1 nitrogen and oxygen atoms in total. The summed E-state index contributed by atoms with van der Waals surface area (Å²) in [5.41, 5.74) is 1.09. The molecule has 1 aromatic rings. The summed E-state index contributed by atoms with van der Waals surface area (Å²) in [5.74, 6) is -0.359. The molecular weight excluding hydrogens is 167 g/mol. The van der Waals surface area contributed by atoms with E-state index in [1.807, 2.05) is 13.8 Å². The van der Waals surface area contributed by atoms with Crippen molar-refractivity contribution in [3.8, 4) is 0 Å². The zero-order chi connectivity index (χ0) is 10.0. The first-order chi connectivity index (χ1) is 6.02. The van der Waals surface area contributed by atoms with Crippen LogP contribution in [0.25, 0.3) is 0 Å². The molecular formula is C11H13FO. The van der Waals surface area contributed by atoms with Crippen LogP contribution >= 0.6 is 0 Å². The number of hydrogen-bond acceptors (Lipinski definition) is 1. The van der Waals surface area contributed by atoms with E-state index in [9.17, 15) is 9.18 Å². The second-order valence-electron chi connectivity index (χ2n) is 3.45. The molecule has 1 rings (SSSR count). The molecule has 0 aliphatic heterocycles. The van der Waals surface area contributed by atoms with Gasteiger partial charge in [0.1, 0.15) is 5.82 Å². The van der Waals surface area contributed by atoms with Crippen LogP contribution in [0, 0.1) is 5.82 Å². The lowest BCUT2D eigenvalue weighted by atomic mass is 10.0. The second-order valence-corrected chi connectivity index (χ2v) is 3.45. The lowest BCUT2D eigenvalue weighted by Crippen LogP contribution is -1.98. The van der Waals surface area contributed by atoms with E-state index in [4.69, 9.17) is 0 Å². The Bertz CT molecular complexity index is 329. The first-order valence-electron chi connectivity index (χ1n) is 4.32. The van der Waals surface area contributed by atoms with E-state index < -0.39 is 5.82 Å². The van der Waals surface area contributed by atoms with Crippen molar-refractivity contribution in [2.24, 2.45) is 0 Å².